The number of hydrogen-bond donors (Lipinski definition) is 2. The predicted octanol–water partition coefficient (Wildman–Crippen LogP) is 2.01. The maximum absolute atomic E-state index is 11.2. The largest absolute Gasteiger partial charge is 0.466 e. The Hall–Kier alpha value is -1.75. The molecule has 116 valence electrons. The van der Waals surface area contributed by atoms with Crippen LogP contribution < -0.4 is 10.2 Å². The molecule has 1 unspecified atom stereocenters. The summed E-state index contributed by atoms with van der Waals surface area (Å²) in [5.41, 5.74) is 2.19. The monoisotopic (exact) mass is 292 g/mol. The topological polar surface area (TPSA) is 61.8 Å². The van der Waals surface area contributed by atoms with Gasteiger partial charge in [-0.05, 0) is 44.0 Å². The minimum atomic E-state index is -0.734. The summed E-state index contributed by atoms with van der Waals surface area (Å²) < 4.78 is 4.81. The first-order valence-electron chi connectivity index (χ1n) is 7.61. The minimum Gasteiger partial charge on any atom is -0.466 e. The molecule has 1 aromatic carbocycles. The van der Waals surface area contributed by atoms with Gasteiger partial charge in [-0.1, -0.05) is 0 Å². The van der Waals surface area contributed by atoms with Crippen LogP contribution in [0.2, 0.25) is 0 Å². The lowest BCUT2D eigenvalue weighted by Gasteiger charge is -2.18. The van der Waals surface area contributed by atoms with E-state index in [1.807, 2.05) is 12.1 Å². The molecule has 1 aliphatic heterocycles. The molecule has 5 nitrogen and oxygen atoms in total. The molecule has 1 heterocycles. The van der Waals surface area contributed by atoms with E-state index in [1.54, 1.807) is 6.92 Å². The molecule has 0 aromatic heterocycles. The van der Waals surface area contributed by atoms with Crippen molar-refractivity contribution in [2.75, 3.05) is 36.5 Å². The molecule has 2 N–H and O–H groups in total. The van der Waals surface area contributed by atoms with Crippen LogP contribution in [0.5, 0.6) is 0 Å². The average molecular weight is 292 g/mol. The molecule has 21 heavy (non-hydrogen) atoms. The molecule has 0 bridgehead atoms. The maximum Gasteiger partial charge on any atom is 0.308 e. The van der Waals surface area contributed by atoms with E-state index in [0.717, 1.165) is 18.8 Å². The highest BCUT2D eigenvalue weighted by Gasteiger charge is 2.13. The molecule has 0 saturated carbocycles. The summed E-state index contributed by atoms with van der Waals surface area (Å²) in [6, 6.07) is 8.19. The van der Waals surface area contributed by atoms with Crippen molar-refractivity contribution in [3.63, 3.8) is 0 Å². The van der Waals surface area contributed by atoms with Crippen LogP contribution >= 0.6 is 0 Å². The van der Waals surface area contributed by atoms with Crippen molar-refractivity contribution in [2.24, 2.45) is 0 Å². The van der Waals surface area contributed by atoms with Crippen molar-refractivity contribution >= 4 is 17.3 Å². The van der Waals surface area contributed by atoms with Gasteiger partial charge in [0, 0.05) is 31.0 Å². The number of aliphatic hydroxyl groups is 1. The average Bonchev–Trinajstić information content (AvgIpc) is 3.00. The van der Waals surface area contributed by atoms with E-state index in [9.17, 15) is 9.90 Å². The number of rotatable bonds is 7. The molecule has 2 rings (SSSR count). The summed E-state index contributed by atoms with van der Waals surface area (Å²) in [5.74, 6) is -0.365. The van der Waals surface area contributed by atoms with E-state index in [0.29, 0.717) is 13.2 Å². The predicted molar refractivity (Wildman–Crippen MR) is 83.6 cm³/mol. The number of benzene rings is 1. The number of nitrogens with zero attached hydrogens (tertiary/aromatic N) is 1. The van der Waals surface area contributed by atoms with Crippen LogP contribution in [0, 0.1) is 0 Å². The van der Waals surface area contributed by atoms with Gasteiger partial charge in [-0.15, -0.1) is 0 Å². The lowest BCUT2D eigenvalue weighted by atomic mass is 10.2. The van der Waals surface area contributed by atoms with E-state index in [4.69, 9.17) is 4.74 Å². The van der Waals surface area contributed by atoms with Gasteiger partial charge >= 0.3 is 5.97 Å². The van der Waals surface area contributed by atoms with Crippen molar-refractivity contribution < 1.29 is 14.6 Å². The van der Waals surface area contributed by atoms with Crippen LogP contribution in [0.4, 0.5) is 11.4 Å². The number of hydrogen-bond acceptors (Lipinski definition) is 5. The fourth-order valence-corrected chi connectivity index (χ4v) is 2.49. The summed E-state index contributed by atoms with van der Waals surface area (Å²) in [4.78, 5) is 13.6. The molecule has 1 atom stereocenters. The quantitative estimate of drug-likeness (QED) is 0.753. The number of carbonyl (C=O) groups excluding carboxylic acids is 1. The number of carbonyl (C=O) groups is 1. The van der Waals surface area contributed by atoms with Gasteiger partial charge in [0.1, 0.15) is 0 Å². The molecule has 0 spiro atoms. The first-order chi connectivity index (χ1) is 10.2. The van der Waals surface area contributed by atoms with E-state index in [-0.39, 0.29) is 12.4 Å². The Labute approximate surface area is 125 Å². The molecule has 1 saturated heterocycles. The summed E-state index contributed by atoms with van der Waals surface area (Å²) in [7, 11) is 0. The number of esters is 1. The van der Waals surface area contributed by atoms with Gasteiger partial charge in [0.2, 0.25) is 0 Å². The fraction of sp³-hybridized carbons (Fsp3) is 0.562. The fourth-order valence-electron chi connectivity index (χ4n) is 2.49. The molecular weight excluding hydrogens is 268 g/mol. The summed E-state index contributed by atoms with van der Waals surface area (Å²) >= 11 is 0. The maximum atomic E-state index is 11.2. The highest BCUT2D eigenvalue weighted by molar-refractivity contribution is 5.70. The molecule has 1 fully saturated rings. The Balaban J connectivity index is 1.76. The van der Waals surface area contributed by atoms with Crippen LogP contribution in [0.25, 0.3) is 0 Å². The van der Waals surface area contributed by atoms with Crippen molar-refractivity contribution in [3.05, 3.63) is 24.3 Å². The summed E-state index contributed by atoms with van der Waals surface area (Å²) in [5, 5.41) is 12.9. The SMILES string of the molecule is CCOC(=O)CC(O)CNc1ccc(N2CCCC2)cc1. The molecule has 0 aliphatic carbocycles. The lowest BCUT2D eigenvalue weighted by molar-refractivity contribution is -0.145. The first-order valence-corrected chi connectivity index (χ1v) is 7.61. The Kier molecular flexibility index (Phi) is 5.87. The van der Waals surface area contributed by atoms with Gasteiger partial charge in [0.05, 0.1) is 19.1 Å². The van der Waals surface area contributed by atoms with Crippen molar-refractivity contribution in [3.8, 4) is 0 Å². The van der Waals surface area contributed by atoms with Gasteiger partial charge < -0.3 is 20.1 Å². The molecule has 0 amide bonds. The van der Waals surface area contributed by atoms with E-state index < -0.39 is 6.10 Å². The smallest absolute Gasteiger partial charge is 0.308 e. The zero-order valence-electron chi connectivity index (χ0n) is 12.5. The lowest BCUT2D eigenvalue weighted by Crippen LogP contribution is -2.24. The van der Waals surface area contributed by atoms with Crippen LogP contribution in [-0.2, 0) is 9.53 Å². The number of ether oxygens (including phenoxy) is 1. The zero-order chi connectivity index (χ0) is 15.1. The van der Waals surface area contributed by atoms with E-state index in [2.05, 4.69) is 22.3 Å². The summed E-state index contributed by atoms with van der Waals surface area (Å²) in [6.45, 7) is 4.69. The normalized spacial score (nSPS) is 15.8. The second kappa shape index (κ2) is 7.88. The van der Waals surface area contributed by atoms with Crippen LogP contribution in [-0.4, -0.2) is 43.4 Å². The minimum absolute atomic E-state index is 0.0205. The van der Waals surface area contributed by atoms with Gasteiger partial charge in [0.15, 0.2) is 0 Å². The number of anilines is 2. The van der Waals surface area contributed by atoms with Gasteiger partial charge in [-0.3, -0.25) is 4.79 Å². The molecule has 1 aromatic rings. The van der Waals surface area contributed by atoms with Gasteiger partial charge in [0.25, 0.3) is 0 Å². The highest BCUT2D eigenvalue weighted by Crippen LogP contribution is 2.22. The van der Waals surface area contributed by atoms with E-state index >= 15 is 0 Å². The van der Waals surface area contributed by atoms with Crippen LogP contribution in [0.15, 0.2) is 24.3 Å². The highest BCUT2D eigenvalue weighted by atomic mass is 16.5. The summed E-state index contributed by atoms with van der Waals surface area (Å²) in [6.07, 6.45) is 1.81. The zero-order valence-corrected chi connectivity index (χ0v) is 12.5. The Bertz CT molecular complexity index is 441. The third-order valence-corrected chi connectivity index (χ3v) is 3.59. The van der Waals surface area contributed by atoms with Gasteiger partial charge in [-0.25, -0.2) is 0 Å². The van der Waals surface area contributed by atoms with Crippen molar-refractivity contribution in [1.82, 2.24) is 0 Å². The number of nitrogens with one attached hydrogen (secondary N) is 1. The first kappa shape index (κ1) is 15.6. The van der Waals surface area contributed by atoms with Crippen LogP contribution in [0.3, 0.4) is 0 Å². The number of aliphatic hydroxyl groups excluding tert-OH is 1. The second-order valence-electron chi connectivity index (χ2n) is 5.28. The molecule has 1 aliphatic rings. The molecule has 5 heteroatoms. The standard InChI is InChI=1S/C16H24N2O3/c1-2-21-16(20)11-15(19)12-17-13-5-7-14(8-6-13)18-9-3-4-10-18/h5-8,15,17,19H,2-4,9-12H2,1H3. The Morgan fingerprint density at radius 3 is 2.62 bits per heavy atom. The third kappa shape index (κ3) is 4.93. The van der Waals surface area contributed by atoms with E-state index in [1.165, 1.54) is 18.5 Å². The van der Waals surface area contributed by atoms with Crippen molar-refractivity contribution in [2.45, 2.75) is 32.3 Å². The Morgan fingerprint density at radius 2 is 2.00 bits per heavy atom. The van der Waals surface area contributed by atoms with Gasteiger partial charge in [-0.2, -0.15) is 0 Å². The Morgan fingerprint density at radius 1 is 1.33 bits per heavy atom. The van der Waals surface area contributed by atoms with Crippen molar-refractivity contribution in [1.29, 1.82) is 0 Å². The second-order valence-corrected chi connectivity index (χ2v) is 5.28. The third-order valence-electron chi connectivity index (χ3n) is 3.59. The molecule has 0 radical (unpaired) electrons. The van der Waals surface area contributed by atoms with Crippen LogP contribution in [0.1, 0.15) is 26.2 Å². The molecular formula is C16H24N2O3.